The van der Waals surface area contributed by atoms with Gasteiger partial charge in [-0.05, 0) is 145 Å². The van der Waals surface area contributed by atoms with Gasteiger partial charge in [0.2, 0.25) is 0 Å². The first kappa shape index (κ1) is 36.0. The van der Waals surface area contributed by atoms with E-state index in [-0.39, 0.29) is 32.5 Å². The van der Waals surface area contributed by atoms with Gasteiger partial charge in [0.1, 0.15) is 0 Å². The molecule has 3 aromatic carbocycles. The van der Waals surface area contributed by atoms with Crippen molar-refractivity contribution in [2.75, 3.05) is 0 Å². The Morgan fingerprint density at radius 2 is 0.742 bits per heavy atom. The molecule has 4 nitrogen and oxygen atoms in total. The summed E-state index contributed by atoms with van der Waals surface area (Å²) >= 11 is 0. The van der Waals surface area contributed by atoms with E-state index in [4.69, 9.17) is 9.97 Å². The molecule has 0 N–H and O–H groups in total. The van der Waals surface area contributed by atoms with E-state index in [0.29, 0.717) is 0 Å². The summed E-state index contributed by atoms with van der Waals surface area (Å²) in [5.74, 6) is 0. The largest absolute Gasteiger partial charge is 0.306 e. The zero-order valence-electron chi connectivity index (χ0n) is 38.1. The number of rotatable bonds is 0. The maximum Gasteiger partial charge on any atom is 0.0728 e. The fourth-order valence-electron chi connectivity index (χ4n) is 16.8. The van der Waals surface area contributed by atoms with Crippen molar-refractivity contribution < 1.29 is 0 Å². The molecule has 4 spiro atoms. The SMILES string of the molecule is CC(C)(C)c1cc2c3cc4c(cc3n3c5cnc6c(c5c(c1)c23)C1(CCCC1)CC61CCCC1)c1cc(C(C)(C)C)cc2c3c5c(ncc3n4c12)C1(CCCC1)CC51CCCC1. The minimum absolute atomic E-state index is 0.0217. The van der Waals surface area contributed by atoms with Crippen LogP contribution in [0.15, 0.2) is 48.8 Å². The van der Waals surface area contributed by atoms with Crippen molar-refractivity contribution in [3.63, 3.8) is 0 Å². The van der Waals surface area contributed by atoms with Gasteiger partial charge in [0, 0.05) is 53.9 Å². The standard InChI is InChI=1S/C58H62N4/c1-53(2,3)33-23-37-35-27-42-36(28-41(35)61-43-29-59-51-47(45(43)39(25-33)49(37)61)55(15-7-8-16-55)31-57(51)19-11-12-20-57)38-24-34(54(4,5)6)26-40-46-44(62(42)50(38)40)30-60-52-48(46)56(17-9-10-18-56)32-58(52)21-13-14-22-58/h23-30H,7-22,31-32H2,1-6H3. The van der Waals surface area contributed by atoms with E-state index in [2.05, 4.69) is 99.1 Å². The second kappa shape index (κ2) is 11.1. The fraction of sp³-hybridized carbons (Fsp3) is 0.517. The monoisotopic (exact) mass is 814 g/mol. The van der Waals surface area contributed by atoms with Crippen LogP contribution in [0, 0.1) is 0 Å². The molecule has 4 saturated carbocycles. The Bertz CT molecular complexity index is 3210. The summed E-state index contributed by atoms with van der Waals surface area (Å²) in [5.41, 5.74) is 18.6. The average molecular weight is 815 g/mol. The van der Waals surface area contributed by atoms with E-state index in [0.717, 1.165) is 0 Å². The van der Waals surface area contributed by atoms with Crippen molar-refractivity contribution in [2.45, 2.75) is 190 Å². The Morgan fingerprint density at radius 1 is 0.403 bits per heavy atom. The first-order chi connectivity index (χ1) is 29.8. The third-order valence-corrected chi connectivity index (χ3v) is 19.4. The highest BCUT2D eigenvalue weighted by molar-refractivity contribution is 6.30. The molecule has 62 heavy (non-hydrogen) atoms. The molecule has 15 rings (SSSR count). The van der Waals surface area contributed by atoms with Gasteiger partial charge in [-0.15, -0.1) is 0 Å². The van der Waals surface area contributed by atoms with Gasteiger partial charge in [-0.1, -0.05) is 92.9 Å². The van der Waals surface area contributed by atoms with Crippen LogP contribution in [-0.2, 0) is 32.5 Å². The van der Waals surface area contributed by atoms with Gasteiger partial charge in [-0.25, -0.2) is 0 Å². The molecule has 314 valence electrons. The van der Waals surface area contributed by atoms with Crippen LogP contribution in [0.3, 0.4) is 0 Å². The van der Waals surface area contributed by atoms with Crippen molar-refractivity contribution in [3.8, 4) is 0 Å². The molecule has 9 aromatic rings. The third-order valence-electron chi connectivity index (χ3n) is 19.4. The maximum atomic E-state index is 5.67. The Kier molecular flexibility index (Phi) is 6.42. The highest BCUT2D eigenvalue weighted by atomic mass is 15.0. The number of pyridine rings is 2. The van der Waals surface area contributed by atoms with Crippen LogP contribution < -0.4 is 0 Å². The van der Waals surface area contributed by atoms with E-state index in [1.54, 1.807) is 21.9 Å². The zero-order valence-corrected chi connectivity index (χ0v) is 38.1. The van der Waals surface area contributed by atoms with Gasteiger partial charge >= 0.3 is 0 Å². The summed E-state index contributed by atoms with van der Waals surface area (Å²) in [5, 5.41) is 11.6. The van der Waals surface area contributed by atoms with E-state index in [1.165, 1.54) is 204 Å². The van der Waals surface area contributed by atoms with Gasteiger partial charge < -0.3 is 8.80 Å². The van der Waals surface area contributed by atoms with E-state index >= 15 is 0 Å². The number of hydrogen-bond donors (Lipinski definition) is 0. The first-order valence-corrected chi connectivity index (χ1v) is 25.1. The van der Waals surface area contributed by atoms with Crippen LogP contribution >= 0.6 is 0 Å². The van der Waals surface area contributed by atoms with Crippen molar-refractivity contribution >= 4 is 76.2 Å². The van der Waals surface area contributed by atoms with E-state index in [1.807, 2.05) is 0 Å². The molecule has 4 fully saturated rings. The molecule has 0 saturated heterocycles. The molecule has 4 heteroatoms. The molecule has 0 bridgehead atoms. The summed E-state index contributed by atoms with van der Waals surface area (Å²) in [6.45, 7) is 14.5. The van der Waals surface area contributed by atoms with Crippen molar-refractivity contribution in [2.24, 2.45) is 0 Å². The average Bonchev–Trinajstić information content (AvgIpc) is 4.11. The molecule has 6 aliphatic rings. The second-order valence-corrected chi connectivity index (χ2v) is 24.7. The molecule has 0 unspecified atom stereocenters. The van der Waals surface area contributed by atoms with Crippen molar-refractivity contribution in [3.05, 3.63) is 82.4 Å². The summed E-state index contributed by atoms with van der Waals surface area (Å²) in [4.78, 5) is 11.3. The molecule has 0 atom stereocenters. The highest BCUT2D eigenvalue weighted by Gasteiger charge is 2.57. The quantitative estimate of drug-likeness (QED) is 0.153. The molecular formula is C58H62N4. The van der Waals surface area contributed by atoms with Gasteiger partial charge in [0.15, 0.2) is 0 Å². The number of nitrogens with zero attached hydrogens (tertiary/aromatic N) is 4. The topological polar surface area (TPSA) is 34.6 Å². The molecule has 6 aliphatic carbocycles. The van der Waals surface area contributed by atoms with E-state index in [9.17, 15) is 0 Å². The van der Waals surface area contributed by atoms with E-state index < -0.39 is 0 Å². The fourth-order valence-corrected chi connectivity index (χ4v) is 16.8. The molecule has 0 aliphatic heterocycles. The molecule has 6 heterocycles. The van der Waals surface area contributed by atoms with Crippen LogP contribution in [0.25, 0.3) is 76.2 Å². The maximum absolute atomic E-state index is 5.67. The van der Waals surface area contributed by atoms with Gasteiger partial charge in [0.05, 0.1) is 56.9 Å². The molecular weight excluding hydrogens is 753 g/mol. The Morgan fingerprint density at radius 3 is 1.10 bits per heavy atom. The lowest BCUT2D eigenvalue weighted by Gasteiger charge is -2.28. The minimum Gasteiger partial charge on any atom is -0.306 e. The number of hydrogen-bond acceptors (Lipinski definition) is 2. The van der Waals surface area contributed by atoms with Crippen LogP contribution in [-0.4, -0.2) is 18.8 Å². The first-order valence-electron chi connectivity index (χ1n) is 25.1. The summed E-state index contributed by atoms with van der Waals surface area (Å²) < 4.78 is 5.38. The van der Waals surface area contributed by atoms with Crippen LogP contribution in [0.5, 0.6) is 0 Å². The number of benzene rings is 3. The van der Waals surface area contributed by atoms with Gasteiger partial charge in [-0.3, -0.25) is 9.97 Å². The lowest BCUT2D eigenvalue weighted by Crippen LogP contribution is -2.24. The minimum atomic E-state index is 0.0217. The summed E-state index contributed by atoms with van der Waals surface area (Å²) in [6.07, 6.45) is 28.8. The van der Waals surface area contributed by atoms with Gasteiger partial charge in [-0.2, -0.15) is 0 Å². The van der Waals surface area contributed by atoms with Crippen molar-refractivity contribution in [1.82, 2.24) is 18.8 Å². The molecule has 0 radical (unpaired) electrons. The second-order valence-electron chi connectivity index (χ2n) is 24.7. The summed E-state index contributed by atoms with van der Waals surface area (Å²) in [7, 11) is 0. The van der Waals surface area contributed by atoms with Gasteiger partial charge in [0.25, 0.3) is 0 Å². The normalized spacial score (nSPS) is 22.7. The Labute approximate surface area is 365 Å². The lowest BCUT2D eigenvalue weighted by atomic mass is 9.74. The predicted octanol–water partition coefficient (Wildman–Crippen LogP) is 15.4. The predicted molar refractivity (Wildman–Crippen MR) is 259 cm³/mol. The number of fused-ring (bicyclic) bond motifs is 20. The highest BCUT2D eigenvalue weighted by Crippen LogP contribution is 2.66. The Balaban J connectivity index is 1.10. The van der Waals surface area contributed by atoms with Crippen LogP contribution in [0.4, 0.5) is 0 Å². The van der Waals surface area contributed by atoms with Crippen LogP contribution in [0.2, 0.25) is 0 Å². The third kappa shape index (κ3) is 4.07. The van der Waals surface area contributed by atoms with Crippen molar-refractivity contribution in [1.29, 1.82) is 0 Å². The smallest absolute Gasteiger partial charge is 0.0728 e. The molecule has 0 amide bonds. The van der Waals surface area contributed by atoms with Crippen LogP contribution in [0.1, 0.15) is 191 Å². The molecule has 6 aromatic heterocycles. The lowest BCUT2D eigenvalue weighted by molar-refractivity contribution is 0.321. The Hall–Kier alpha value is -4.44. The zero-order chi connectivity index (χ0) is 41.5. The number of aromatic nitrogens is 4. The summed E-state index contributed by atoms with van der Waals surface area (Å²) in [6, 6.07) is 15.6.